The number of ether oxygens (including phenoxy) is 1. The lowest BCUT2D eigenvalue weighted by Crippen LogP contribution is -2.02. The molecule has 0 aliphatic heterocycles. The second kappa shape index (κ2) is 8.43. The summed E-state index contributed by atoms with van der Waals surface area (Å²) in [5.41, 5.74) is 6.70. The van der Waals surface area contributed by atoms with Crippen LogP contribution in [0.4, 0.5) is 0 Å². The number of rotatable bonds is 8. The Balaban J connectivity index is 2.13. The molecule has 1 aromatic carbocycles. The van der Waals surface area contributed by atoms with Crippen molar-refractivity contribution in [1.82, 2.24) is 0 Å². The molecule has 17 heavy (non-hydrogen) atoms. The van der Waals surface area contributed by atoms with Crippen molar-refractivity contribution in [1.29, 1.82) is 0 Å². The maximum Gasteiger partial charge on any atom is 0.119 e. The van der Waals surface area contributed by atoms with E-state index < -0.39 is 0 Å². The van der Waals surface area contributed by atoms with Crippen LogP contribution >= 0.6 is 11.8 Å². The van der Waals surface area contributed by atoms with E-state index in [0.717, 1.165) is 29.6 Å². The average Bonchev–Trinajstić information content (AvgIpc) is 2.33. The summed E-state index contributed by atoms with van der Waals surface area (Å²) in [7, 11) is 0. The van der Waals surface area contributed by atoms with Crippen molar-refractivity contribution in [3.05, 3.63) is 29.8 Å². The molecular weight excluding hydrogens is 230 g/mol. The minimum absolute atomic E-state index is 0.570. The van der Waals surface area contributed by atoms with E-state index in [1.54, 1.807) is 0 Å². The van der Waals surface area contributed by atoms with Crippen LogP contribution in [0.5, 0.6) is 5.75 Å². The maximum absolute atomic E-state index is 5.68. The van der Waals surface area contributed by atoms with Gasteiger partial charge in [0.05, 0.1) is 6.61 Å². The largest absolute Gasteiger partial charge is 0.493 e. The molecule has 0 radical (unpaired) electrons. The third kappa shape index (κ3) is 6.59. The molecule has 0 spiro atoms. The van der Waals surface area contributed by atoms with Crippen LogP contribution in [0.1, 0.15) is 25.8 Å². The Morgan fingerprint density at radius 2 is 2.12 bits per heavy atom. The highest BCUT2D eigenvalue weighted by Gasteiger charge is 1.97. The molecule has 96 valence electrons. The molecule has 0 fully saturated rings. The van der Waals surface area contributed by atoms with Crippen LogP contribution in [-0.2, 0) is 6.54 Å². The second-order valence-corrected chi connectivity index (χ2v) is 5.72. The third-order valence-corrected chi connectivity index (χ3v) is 3.45. The van der Waals surface area contributed by atoms with E-state index in [1.807, 2.05) is 36.0 Å². The Kier molecular flexibility index (Phi) is 7.13. The predicted molar refractivity (Wildman–Crippen MR) is 76.6 cm³/mol. The van der Waals surface area contributed by atoms with E-state index in [2.05, 4.69) is 13.8 Å². The first kappa shape index (κ1) is 14.4. The Morgan fingerprint density at radius 1 is 1.29 bits per heavy atom. The van der Waals surface area contributed by atoms with Gasteiger partial charge in [0.25, 0.3) is 0 Å². The number of thioether (sulfide) groups is 1. The molecule has 0 saturated heterocycles. The van der Waals surface area contributed by atoms with Gasteiger partial charge in [0.15, 0.2) is 0 Å². The van der Waals surface area contributed by atoms with Gasteiger partial charge < -0.3 is 10.5 Å². The van der Waals surface area contributed by atoms with E-state index in [-0.39, 0.29) is 0 Å². The molecule has 0 aliphatic carbocycles. The van der Waals surface area contributed by atoms with Crippen molar-refractivity contribution in [2.45, 2.75) is 26.8 Å². The fourth-order valence-electron chi connectivity index (χ4n) is 1.40. The first-order valence-electron chi connectivity index (χ1n) is 6.22. The zero-order valence-corrected chi connectivity index (χ0v) is 11.6. The van der Waals surface area contributed by atoms with Crippen LogP contribution in [0.3, 0.4) is 0 Å². The molecule has 1 aromatic rings. The molecule has 2 nitrogen and oxygen atoms in total. The van der Waals surface area contributed by atoms with Crippen molar-refractivity contribution in [2.24, 2.45) is 11.7 Å². The first-order chi connectivity index (χ1) is 8.22. The van der Waals surface area contributed by atoms with Crippen molar-refractivity contribution in [3.63, 3.8) is 0 Å². The highest BCUT2D eigenvalue weighted by atomic mass is 32.2. The van der Waals surface area contributed by atoms with Crippen LogP contribution in [0, 0.1) is 5.92 Å². The normalized spacial score (nSPS) is 10.8. The molecule has 2 N–H and O–H groups in total. The molecule has 0 atom stereocenters. The van der Waals surface area contributed by atoms with Crippen LogP contribution in [0.2, 0.25) is 0 Å². The van der Waals surface area contributed by atoms with E-state index in [0.29, 0.717) is 6.54 Å². The summed E-state index contributed by atoms with van der Waals surface area (Å²) in [5, 5.41) is 0. The van der Waals surface area contributed by atoms with Gasteiger partial charge in [-0.2, -0.15) is 11.8 Å². The first-order valence-corrected chi connectivity index (χ1v) is 7.37. The lowest BCUT2D eigenvalue weighted by atomic mass is 10.2. The molecule has 0 saturated carbocycles. The topological polar surface area (TPSA) is 35.2 Å². The van der Waals surface area contributed by atoms with Crippen molar-refractivity contribution in [3.8, 4) is 5.75 Å². The highest BCUT2D eigenvalue weighted by Crippen LogP contribution is 2.14. The number of benzene rings is 1. The smallest absolute Gasteiger partial charge is 0.119 e. The van der Waals surface area contributed by atoms with E-state index >= 15 is 0 Å². The summed E-state index contributed by atoms with van der Waals surface area (Å²) >= 11 is 1.96. The lowest BCUT2D eigenvalue weighted by Gasteiger charge is -2.08. The lowest BCUT2D eigenvalue weighted by molar-refractivity contribution is 0.343. The van der Waals surface area contributed by atoms with Gasteiger partial charge in [0, 0.05) is 12.3 Å². The second-order valence-electron chi connectivity index (χ2n) is 4.49. The maximum atomic E-state index is 5.68. The SMILES string of the molecule is CC(C)CCSCCOc1cccc(CN)c1. The molecule has 0 unspecified atom stereocenters. The van der Waals surface area contributed by atoms with Crippen LogP contribution in [0.25, 0.3) is 0 Å². The average molecular weight is 253 g/mol. The molecule has 0 bridgehead atoms. The molecule has 1 rings (SSSR count). The summed E-state index contributed by atoms with van der Waals surface area (Å²) in [5.74, 6) is 4.01. The zero-order chi connectivity index (χ0) is 12.5. The van der Waals surface area contributed by atoms with Gasteiger partial charge in [0.2, 0.25) is 0 Å². The van der Waals surface area contributed by atoms with Gasteiger partial charge in [0.1, 0.15) is 5.75 Å². The number of nitrogens with two attached hydrogens (primary N) is 1. The monoisotopic (exact) mass is 253 g/mol. The summed E-state index contributed by atoms with van der Waals surface area (Å²) in [4.78, 5) is 0. The Hall–Kier alpha value is -0.670. The van der Waals surface area contributed by atoms with Crippen LogP contribution < -0.4 is 10.5 Å². The molecule has 3 heteroatoms. The summed E-state index contributed by atoms with van der Waals surface area (Å²) in [6, 6.07) is 8.00. The Labute approximate surface area is 109 Å². The summed E-state index contributed by atoms with van der Waals surface area (Å²) < 4.78 is 5.68. The van der Waals surface area contributed by atoms with E-state index in [9.17, 15) is 0 Å². The zero-order valence-electron chi connectivity index (χ0n) is 10.8. The predicted octanol–water partition coefficient (Wildman–Crippen LogP) is 3.30. The quantitative estimate of drug-likeness (QED) is 0.722. The minimum atomic E-state index is 0.570. The number of hydrogen-bond acceptors (Lipinski definition) is 3. The van der Waals surface area contributed by atoms with E-state index in [1.165, 1.54) is 12.2 Å². The van der Waals surface area contributed by atoms with Gasteiger partial charge in [-0.05, 0) is 35.8 Å². The standard InChI is InChI=1S/C14H23NOS/c1-12(2)6-8-17-9-7-16-14-5-3-4-13(10-14)11-15/h3-5,10,12H,6-9,11,15H2,1-2H3. The number of hydrogen-bond donors (Lipinski definition) is 1. The van der Waals surface area contributed by atoms with Crippen molar-refractivity contribution < 1.29 is 4.74 Å². The van der Waals surface area contributed by atoms with Crippen molar-refractivity contribution >= 4 is 11.8 Å². The molecule has 0 amide bonds. The molecule has 0 aromatic heterocycles. The van der Waals surface area contributed by atoms with E-state index in [4.69, 9.17) is 10.5 Å². The van der Waals surface area contributed by atoms with Crippen LogP contribution in [-0.4, -0.2) is 18.1 Å². The van der Waals surface area contributed by atoms with Gasteiger partial charge in [-0.25, -0.2) is 0 Å². The van der Waals surface area contributed by atoms with Crippen molar-refractivity contribution in [2.75, 3.05) is 18.1 Å². The molecular formula is C14H23NOS. The van der Waals surface area contributed by atoms with Gasteiger partial charge in [-0.1, -0.05) is 26.0 Å². The summed E-state index contributed by atoms with van der Waals surface area (Å²) in [6.07, 6.45) is 1.29. The minimum Gasteiger partial charge on any atom is -0.493 e. The highest BCUT2D eigenvalue weighted by molar-refractivity contribution is 7.99. The summed E-state index contributed by atoms with van der Waals surface area (Å²) in [6.45, 7) is 5.86. The molecule has 0 aliphatic rings. The van der Waals surface area contributed by atoms with Gasteiger partial charge >= 0.3 is 0 Å². The van der Waals surface area contributed by atoms with Gasteiger partial charge in [-0.3, -0.25) is 0 Å². The Bertz CT molecular complexity index is 315. The van der Waals surface area contributed by atoms with Gasteiger partial charge in [-0.15, -0.1) is 0 Å². The third-order valence-electron chi connectivity index (χ3n) is 2.47. The fourth-order valence-corrected chi connectivity index (χ4v) is 2.45. The fraction of sp³-hybridized carbons (Fsp3) is 0.571. The van der Waals surface area contributed by atoms with Crippen LogP contribution in [0.15, 0.2) is 24.3 Å². The Morgan fingerprint density at radius 3 is 2.82 bits per heavy atom. The molecule has 0 heterocycles.